The van der Waals surface area contributed by atoms with Crippen LogP contribution in [0.2, 0.25) is 0 Å². The molecule has 0 heterocycles. The first-order chi connectivity index (χ1) is 9.52. The molecule has 1 aliphatic carbocycles. The van der Waals surface area contributed by atoms with Gasteiger partial charge in [-0.25, -0.2) is 0 Å². The highest BCUT2D eigenvalue weighted by Gasteiger charge is 2.44. The van der Waals surface area contributed by atoms with Crippen molar-refractivity contribution in [3.05, 3.63) is 34.4 Å². The third-order valence-electron chi connectivity index (χ3n) is 4.94. The highest BCUT2D eigenvalue weighted by Crippen LogP contribution is 2.39. The second-order valence-electron chi connectivity index (χ2n) is 6.31. The van der Waals surface area contributed by atoms with Crippen molar-refractivity contribution in [2.45, 2.75) is 65.0 Å². The normalized spacial score (nSPS) is 18.6. The summed E-state index contributed by atoms with van der Waals surface area (Å²) in [5.41, 5.74) is 5.73. The van der Waals surface area contributed by atoms with Gasteiger partial charge in [0, 0.05) is 13.2 Å². The molecule has 0 spiro atoms. The number of hydrogen-bond donors (Lipinski definition) is 1. The Kier molecular flexibility index (Phi) is 4.87. The maximum atomic E-state index is 5.90. The minimum absolute atomic E-state index is 0.0553. The Morgan fingerprint density at radius 1 is 1.20 bits per heavy atom. The molecule has 1 atom stereocenters. The van der Waals surface area contributed by atoms with Crippen LogP contribution in [0.15, 0.2) is 12.1 Å². The zero-order chi connectivity index (χ0) is 14.8. The number of nitrogens with one attached hydrogen (secondary N) is 1. The molecule has 112 valence electrons. The van der Waals surface area contributed by atoms with Crippen LogP contribution in [0.1, 0.15) is 48.4 Å². The number of hydrogen-bond acceptors (Lipinski definition) is 2. The van der Waals surface area contributed by atoms with E-state index in [-0.39, 0.29) is 5.60 Å². The van der Waals surface area contributed by atoms with Gasteiger partial charge in [-0.3, -0.25) is 0 Å². The van der Waals surface area contributed by atoms with E-state index >= 15 is 0 Å². The first-order valence-corrected chi connectivity index (χ1v) is 7.87. The van der Waals surface area contributed by atoms with E-state index in [4.69, 9.17) is 4.74 Å². The number of benzene rings is 1. The van der Waals surface area contributed by atoms with E-state index in [1.54, 1.807) is 0 Å². The van der Waals surface area contributed by atoms with E-state index < -0.39 is 0 Å². The highest BCUT2D eigenvalue weighted by molar-refractivity contribution is 5.38. The molecule has 0 aromatic heterocycles. The Balaban J connectivity index is 2.24. The molecule has 1 saturated carbocycles. The highest BCUT2D eigenvalue weighted by atomic mass is 16.5. The topological polar surface area (TPSA) is 21.3 Å². The Bertz CT molecular complexity index is 434. The van der Waals surface area contributed by atoms with Crippen LogP contribution in [0.3, 0.4) is 0 Å². The molecule has 1 unspecified atom stereocenters. The molecule has 1 aromatic rings. The molecule has 0 amide bonds. The summed E-state index contributed by atoms with van der Waals surface area (Å²) >= 11 is 0. The summed E-state index contributed by atoms with van der Waals surface area (Å²) in [6, 6.07) is 5.02. The molecule has 0 saturated heterocycles. The predicted octanol–water partition coefficient (Wildman–Crippen LogP) is 3.70. The van der Waals surface area contributed by atoms with Crippen LogP contribution in [-0.2, 0) is 11.2 Å². The fraction of sp³-hybridized carbons (Fsp3) is 0.667. The maximum Gasteiger partial charge on any atom is 0.0834 e. The van der Waals surface area contributed by atoms with Crippen LogP contribution >= 0.6 is 0 Å². The quantitative estimate of drug-likeness (QED) is 0.854. The predicted molar refractivity (Wildman–Crippen MR) is 85.4 cm³/mol. The standard InChI is InChI=1S/C18H29NO/c1-6-19-17(18(20-5)8-7-9-18)12-16-14(3)10-13(2)11-15(16)4/h10-11,17,19H,6-9,12H2,1-5H3. The summed E-state index contributed by atoms with van der Waals surface area (Å²) in [6.07, 6.45) is 4.73. The van der Waals surface area contributed by atoms with Crippen LogP contribution in [0.25, 0.3) is 0 Å². The van der Waals surface area contributed by atoms with Crippen molar-refractivity contribution in [2.24, 2.45) is 0 Å². The first-order valence-electron chi connectivity index (χ1n) is 7.87. The average Bonchev–Trinajstić information content (AvgIpc) is 2.32. The fourth-order valence-electron chi connectivity index (χ4n) is 3.65. The van der Waals surface area contributed by atoms with Crippen molar-refractivity contribution >= 4 is 0 Å². The monoisotopic (exact) mass is 275 g/mol. The van der Waals surface area contributed by atoms with E-state index in [1.807, 2.05) is 7.11 Å². The lowest BCUT2D eigenvalue weighted by molar-refractivity contribution is -0.0978. The van der Waals surface area contributed by atoms with E-state index in [0.29, 0.717) is 6.04 Å². The van der Waals surface area contributed by atoms with Crippen LogP contribution in [0.5, 0.6) is 0 Å². The molecule has 2 rings (SSSR count). The molecule has 1 N–H and O–H groups in total. The van der Waals surface area contributed by atoms with Gasteiger partial charge in [0.25, 0.3) is 0 Å². The molecule has 1 aromatic carbocycles. The van der Waals surface area contributed by atoms with Gasteiger partial charge in [-0.1, -0.05) is 24.6 Å². The molecule has 20 heavy (non-hydrogen) atoms. The van der Waals surface area contributed by atoms with Crippen LogP contribution in [0.4, 0.5) is 0 Å². The Hall–Kier alpha value is -0.860. The number of rotatable bonds is 6. The summed E-state index contributed by atoms with van der Waals surface area (Å²) in [5, 5.41) is 3.67. The summed E-state index contributed by atoms with van der Waals surface area (Å²) < 4.78 is 5.90. The summed E-state index contributed by atoms with van der Waals surface area (Å²) in [6.45, 7) is 9.83. The Morgan fingerprint density at radius 2 is 1.80 bits per heavy atom. The lowest BCUT2D eigenvalue weighted by Crippen LogP contribution is -2.57. The third-order valence-corrected chi connectivity index (χ3v) is 4.94. The molecule has 0 aliphatic heterocycles. The zero-order valence-corrected chi connectivity index (χ0v) is 13.7. The second-order valence-corrected chi connectivity index (χ2v) is 6.31. The van der Waals surface area contributed by atoms with Gasteiger partial charge in [-0.15, -0.1) is 0 Å². The van der Waals surface area contributed by atoms with Gasteiger partial charge in [-0.05, 0) is 69.7 Å². The maximum absolute atomic E-state index is 5.90. The van der Waals surface area contributed by atoms with E-state index in [9.17, 15) is 0 Å². The molecule has 1 fully saturated rings. The molecule has 1 aliphatic rings. The van der Waals surface area contributed by atoms with Crippen molar-refractivity contribution in [2.75, 3.05) is 13.7 Å². The Labute approximate surface area is 123 Å². The molecular formula is C18H29NO. The number of ether oxygens (including phenoxy) is 1. The number of likely N-dealkylation sites (N-methyl/N-ethyl adjacent to an activating group) is 1. The largest absolute Gasteiger partial charge is 0.377 e. The van der Waals surface area contributed by atoms with Crippen LogP contribution in [0, 0.1) is 20.8 Å². The van der Waals surface area contributed by atoms with Gasteiger partial charge in [0.1, 0.15) is 0 Å². The van der Waals surface area contributed by atoms with Gasteiger partial charge < -0.3 is 10.1 Å². The van der Waals surface area contributed by atoms with Crippen molar-refractivity contribution in [1.82, 2.24) is 5.32 Å². The van der Waals surface area contributed by atoms with E-state index in [2.05, 4.69) is 45.1 Å². The summed E-state index contributed by atoms with van der Waals surface area (Å²) in [4.78, 5) is 0. The van der Waals surface area contributed by atoms with E-state index in [0.717, 1.165) is 13.0 Å². The van der Waals surface area contributed by atoms with Crippen LogP contribution in [-0.4, -0.2) is 25.3 Å². The fourth-order valence-corrected chi connectivity index (χ4v) is 3.65. The van der Waals surface area contributed by atoms with Gasteiger partial charge in [-0.2, -0.15) is 0 Å². The molecule has 0 bridgehead atoms. The molecule has 0 radical (unpaired) electrons. The van der Waals surface area contributed by atoms with Crippen molar-refractivity contribution < 1.29 is 4.74 Å². The average molecular weight is 275 g/mol. The third kappa shape index (κ3) is 2.91. The van der Waals surface area contributed by atoms with Crippen molar-refractivity contribution in [3.8, 4) is 0 Å². The molecule has 2 nitrogen and oxygen atoms in total. The van der Waals surface area contributed by atoms with E-state index in [1.165, 1.54) is 41.5 Å². The lowest BCUT2D eigenvalue weighted by atomic mass is 9.72. The number of aryl methyl sites for hydroxylation is 3. The summed E-state index contributed by atoms with van der Waals surface area (Å²) in [5.74, 6) is 0. The van der Waals surface area contributed by atoms with Crippen molar-refractivity contribution in [3.63, 3.8) is 0 Å². The SMILES string of the molecule is CCNC(Cc1c(C)cc(C)cc1C)C1(OC)CCC1. The van der Waals surface area contributed by atoms with Crippen molar-refractivity contribution in [1.29, 1.82) is 0 Å². The Morgan fingerprint density at radius 3 is 2.20 bits per heavy atom. The van der Waals surface area contributed by atoms with Gasteiger partial charge in [0.05, 0.1) is 5.60 Å². The number of methoxy groups -OCH3 is 1. The minimum Gasteiger partial charge on any atom is -0.377 e. The summed E-state index contributed by atoms with van der Waals surface area (Å²) in [7, 11) is 1.87. The lowest BCUT2D eigenvalue weighted by Gasteiger charge is -2.47. The van der Waals surface area contributed by atoms with Gasteiger partial charge in [0.15, 0.2) is 0 Å². The molecular weight excluding hydrogens is 246 g/mol. The smallest absolute Gasteiger partial charge is 0.0834 e. The van der Waals surface area contributed by atoms with Gasteiger partial charge in [0.2, 0.25) is 0 Å². The zero-order valence-electron chi connectivity index (χ0n) is 13.7. The second kappa shape index (κ2) is 6.28. The van der Waals surface area contributed by atoms with Crippen LogP contribution < -0.4 is 5.32 Å². The minimum atomic E-state index is 0.0553. The molecule has 2 heteroatoms. The first kappa shape index (κ1) is 15.5. The van der Waals surface area contributed by atoms with Gasteiger partial charge >= 0.3 is 0 Å².